The Morgan fingerprint density at radius 1 is 1.08 bits per heavy atom. The van der Waals surface area contributed by atoms with E-state index in [1.165, 1.54) is 6.07 Å². The fourth-order valence-corrected chi connectivity index (χ4v) is 2.99. The van der Waals surface area contributed by atoms with Crippen molar-refractivity contribution < 1.29 is 14.2 Å². The number of benzene rings is 2. The maximum Gasteiger partial charge on any atom is 0.270 e. The number of aromatic nitrogens is 1. The summed E-state index contributed by atoms with van der Waals surface area (Å²) in [7, 11) is 0. The van der Waals surface area contributed by atoms with Gasteiger partial charge in [0.2, 0.25) is 11.2 Å². The van der Waals surface area contributed by atoms with Gasteiger partial charge in [0.05, 0.1) is 16.9 Å². The van der Waals surface area contributed by atoms with Crippen molar-refractivity contribution >= 4 is 28.7 Å². The van der Waals surface area contributed by atoms with Crippen LogP contribution < -0.4 is 9.30 Å². The molecule has 0 aliphatic carbocycles. The molecule has 1 aromatic heterocycles. The van der Waals surface area contributed by atoms with E-state index in [2.05, 4.69) is 29.7 Å². The molecule has 132 valence electrons. The molecule has 0 amide bonds. The first-order valence-corrected chi connectivity index (χ1v) is 8.64. The normalized spacial score (nSPS) is 11.2. The number of nitro groups is 1. The molecule has 0 radical (unpaired) electrons. The number of fused-ring (bicyclic) bond motifs is 1. The Morgan fingerprint density at radius 3 is 2.65 bits per heavy atom. The maximum absolute atomic E-state index is 10.9. The van der Waals surface area contributed by atoms with E-state index in [4.69, 9.17) is 4.74 Å². The van der Waals surface area contributed by atoms with Crippen molar-refractivity contribution in [3.8, 4) is 5.75 Å². The van der Waals surface area contributed by atoms with E-state index in [0.717, 1.165) is 34.5 Å². The van der Waals surface area contributed by atoms with Crippen molar-refractivity contribution in [2.24, 2.45) is 0 Å². The molecule has 0 bridgehead atoms. The van der Waals surface area contributed by atoms with Crippen LogP contribution in [0.5, 0.6) is 5.75 Å². The van der Waals surface area contributed by atoms with Gasteiger partial charge in [0.25, 0.3) is 5.69 Å². The number of rotatable bonds is 6. The van der Waals surface area contributed by atoms with Crippen LogP contribution in [-0.2, 0) is 6.54 Å². The third-order valence-corrected chi connectivity index (χ3v) is 4.19. The lowest BCUT2D eigenvalue weighted by molar-refractivity contribution is -0.669. The van der Waals surface area contributed by atoms with Crippen LogP contribution in [0.25, 0.3) is 23.1 Å². The molecule has 0 N–H and O–H groups in total. The van der Waals surface area contributed by atoms with E-state index in [1.54, 1.807) is 12.1 Å². The molecule has 3 aromatic rings. The first-order chi connectivity index (χ1) is 12.6. The van der Waals surface area contributed by atoms with Crippen LogP contribution in [0.4, 0.5) is 5.69 Å². The second kappa shape index (κ2) is 7.78. The summed E-state index contributed by atoms with van der Waals surface area (Å²) in [5.74, 6) is 0.863. The summed E-state index contributed by atoms with van der Waals surface area (Å²) in [6.07, 6.45) is 3.88. The fourth-order valence-electron chi connectivity index (χ4n) is 2.99. The Hall–Kier alpha value is -3.21. The average Bonchev–Trinajstić information content (AvgIpc) is 2.66. The summed E-state index contributed by atoms with van der Waals surface area (Å²) in [4.78, 5) is 10.5. The first kappa shape index (κ1) is 17.6. The zero-order valence-corrected chi connectivity index (χ0v) is 14.9. The SMILES string of the molecule is CCOc1ccc2c(ccc(C=Cc3cccc([N+](=O)[O-])c3)[n+]2CC)c1. The van der Waals surface area contributed by atoms with Gasteiger partial charge >= 0.3 is 0 Å². The zero-order chi connectivity index (χ0) is 18.5. The minimum Gasteiger partial charge on any atom is -0.494 e. The highest BCUT2D eigenvalue weighted by Gasteiger charge is 2.13. The molecule has 26 heavy (non-hydrogen) atoms. The number of hydrogen-bond acceptors (Lipinski definition) is 3. The van der Waals surface area contributed by atoms with Crippen molar-refractivity contribution in [3.05, 3.63) is 76.0 Å². The van der Waals surface area contributed by atoms with Gasteiger partial charge in [-0.1, -0.05) is 12.1 Å². The van der Waals surface area contributed by atoms with E-state index in [0.29, 0.717) is 6.61 Å². The maximum atomic E-state index is 10.9. The Balaban J connectivity index is 1.98. The second-order valence-corrected chi connectivity index (χ2v) is 5.84. The highest BCUT2D eigenvalue weighted by molar-refractivity contribution is 5.79. The average molecular weight is 349 g/mol. The van der Waals surface area contributed by atoms with E-state index >= 15 is 0 Å². The van der Waals surface area contributed by atoms with Gasteiger partial charge in [0.15, 0.2) is 0 Å². The van der Waals surface area contributed by atoms with Gasteiger partial charge in [-0.15, -0.1) is 0 Å². The number of pyridine rings is 1. The molecule has 0 aliphatic rings. The van der Waals surface area contributed by atoms with E-state index in [9.17, 15) is 10.1 Å². The Kier molecular flexibility index (Phi) is 5.27. The number of ether oxygens (including phenoxy) is 1. The molecular weight excluding hydrogens is 328 g/mol. The van der Waals surface area contributed by atoms with Crippen molar-refractivity contribution in [1.29, 1.82) is 0 Å². The third kappa shape index (κ3) is 3.72. The molecule has 3 rings (SSSR count). The van der Waals surface area contributed by atoms with E-state index in [-0.39, 0.29) is 10.6 Å². The highest BCUT2D eigenvalue weighted by atomic mass is 16.6. The Bertz CT molecular complexity index is 980. The van der Waals surface area contributed by atoms with Gasteiger partial charge in [-0.3, -0.25) is 10.1 Å². The topological polar surface area (TPSA) is 56.3 Å². The van der Waals surface area contributed by atoms with Gasteiger partial charge in [-0.05, 0) is 43.7 Å². The van der Waals surface area contributed by atoms with Crippen LogP contribution in [0.1, 0.15) is 25.1 Å². The fraction of sp³-hybridized carbons (Fsp3) is 0.190. The predicted octanol–water partition coefficient (Wildman–Crippen LogP) is 4.62. The Morgan fingerprint density at radius 2 is 1.92 bits per heavy atom. The third-order valence-electron chi connectivity index (χ3n) is 4.19. The van der Waals surface area contributed by atoms with Gasteiger partial charge in [-0.25, -0.2) is 0 Å². The monoisotopic (exact) mass is 349 g/mol. The summed E-state index contributed by atoms with van der Waals surface area (Å²) in [5.41, 5.74) is 3.05. The Labute approximate surface area is 152 Å². The molecule has 2 aromatic carbocycles. The van der Waals surface area contributed by atoms with Crippen LogP contribution in [0.15, 0.2) is 54.6 Å². The number of aryl methyl sites for hydroxylation is 1. The molecule has 0 saturated heterocycles. The second-order valence-electron chi connectivity index (χ2n) is 5.84. The first-order valence-electron chi connectivity index (χ1n) is 8.64. The van der Waals surface area contributed by atoms with Gasteiger partial charge in [0.1, 0.15) is 12.3 Å². The standard InChI is InChI=1S/C21H21N2O3/c1-3-22-18(10-8-16-6-5-7-19(14-16)23(24)25)11-9-17-15-20(26-4-2)12-13-21(17)22/h5-15H,3-4H2,1-2H3/q+1. The summed E-state index contributed by atoms with van der Waals surface area (Å²) in [6, 6.07) is 16.8. The number of hydrogen-bond donors (Lipinski definition) is 0. The lowest BCUT2D eigenvalue weighted by Crippen LogP contribution is -2.36. The van der Waals surface area contributed by atoms with Crippen LogP contribution in [0, 0.1) is 10.1 Å². The van der Waals surface area contributed by atoms with Crippen LogP contribution in [-0.4, -0.2) is 11.5 Å². The molecule has 5 heteroatoms. The van der Waals surface area contributed by atoms with Crippen molar-refractivity contribution in [1.82, 2.24) is 0 Å². The van der Waals surface area contributed by atoms with Crippen molar-refractivity contribution in [2.45, 2.75) is 20.4 Å². The summed E-state index contributed by atoms with van der Waals surface area (Å²) >= 11 is 0. The predicted molar refractivity (Wildman–Crippen MR) is 103 cm³/mol. The number of nitro benzene ring substituents is 1. The van der Waals surface area contributed by atoms with Crippen LogP contribution in [0.2, 0.25) is 0 Å². The van der Waals surface area contributed by atoms with Crippen LogP contribution in [0.3, 0.4) is 0 Å². The van der Waals surface area contributed by atoms with Gasteiger partial charge < -0.3 is 4.74 Å². The van der Waals surface area contributed by atoms with Gasteiger partial charge in [0, 0.05) is 30.3 Å². The summed E-state index contributed by atoms with van der Waals surface area (Å²) in [5, 5.41) is 12.0. The lowest BCUT2D eigenvalue weighted by atomic mass is 10.1. The molecule has 5 nitrogen and oxygen atoms in total. The smallest absolute Gasteiger partial charge is 0.270 e. The highest BCUT2D eigenvalue weighted by Crippen LogP contribution is 2.20. The quantitative estimate of drug-likeness (QED) is 0.370. The van der Waals surface area contributed by atoms with Crippen molar-refractivity contribution in [2.75, 3.05) is 6.61 Å². The number of non-ortho nitro benzene ring substituents is 1. The molecule has 0 fully saturated rings. The van der Waals surface area contributed by atoms with Crippen LogP contribution >= 0.6 is 0 Å². The number of nitrogens with zero attached hydrogens (tertiary/aromatic N) is 2. The molecule has 0 saturated carbocycles. The molecule has 1 heterocycles. The molecular formula is C21H21N2O3+. The van der Waals surface area contributed by atoms with E-state index < -0.39 is 0 Å². The molecule has 0 aliphatic heterocycles. The van der Waals surface area contributed by atoms with Crippen molar-refractivity contribution in [3.63, 3.8) is 0 Å². The molecule has 0 unspecified atom stereocenters. The van der Waals surface area contributed by atoms with Gasteiger partial charge in [-0.2, -0.15) is 4.57 Å². The molecule has 0 atom stereocenters. The molecule has 0 spiro atoms. The lowest BCUT2D eigenvalue weighted by Gasteiger charge is -2.06. The zero-order valence-electron chi connectivity index (χ0n) is 14.9. The minimum absolute atomic E-state index is 0.0949. The minimum atomic E-state index is -0.379. The summed E-state index contributed by atoms with van der Waals surface area (Å²) in [6.45, 7) is 5.53. The van der Waals surface area contributed by atoms with E-state index in [1.807, 2.05) is 37.3 Å². The largest absolute Gasteiger partial charge is 0.494 e. The summed E-state index contributed by atoms with van der Waals surface area (Å²) < 4.78 is 7.78.